The summed E-state index contributed by atoms with van der Waals surface area (Å²) in [7, 11) is 1.84. The highest BCUT2D eigenvalue weighted by atomic mass is 16.5. The van der Waals surface area contributed by atoms with Gasteiger partial charge in [0.1, 0.15) is 6.61 Å². The van der Waals surface area contributed by atoms with Gasteiger partial charge in [0, 0.05) is 38.4 Å². The summed E-state index contributed by atoms with van der Waals surface area (Å²) in [5.41, 5.74) is 1.03. The standard InChI is InChI=1S/C11H18N4O4/c1-15-9(3-5-14-15)2-4-12-11(18)13-6-7-19-8-10(16)17/h3,5H,2,4,6-8H2,1H3,(H,16,17)(H2,12,13,18). The van der Waals surface area contributed by atoms with Crippen LogP contribution in [0.4, 0.5) is 4.79 Å². The van der Waals surface area contributed by atoms with Crippen molar-refractivity contribution in [2.75, 3.05) is 26.3 Å². The van der Waals surface area contributed by atoms with Gasteiger partial charge in [0.25, 0.3) is 0 Å². The van der Waals surface area contributed by atoms with Gasteiger partial charge in [0.15, 0.2) is 0 Å². The van der Waals surface area contributed by atoms with Crippen LogP contribution in [0.15, 0.2) is 12.3 Å². The molecule has 0 radical (unpaired) electrons. The SMILES string of the molecule is Cn1nccc1CCNC(=O)NCCOCC(=O)O. The lowest BCUT2D eigenvalue weighted by molar-refractivity contribution is -0.142. The number of carboxylic acid groups (broad SMARTS) is 1. The maximum absolute atomic E-state index is 11.3. The maximum atomic E-state index is 11.3. The average Bonchev–Trinajstić information content (AvgIpc) is 2.74. The number of rotatable bonds is 8. The monoisotopic (exact) mass is 270 g/mol. The molecule has 8 nitrogen and oxygen atoms in total. The Morgan fingerprint density at radius 1 is 1.42 bits per heavy atom. The molecule has 19 heavy (non-hydrogen) atoms. The lowest BCUT2D eigenvalue weighted by atomic mass is 10.3. The van der Waals surface area contributed by atoms with Crippen molar-refractivity contribution in [2.45, 2.75) is 6.42 Å². The summed E-state index contributed by atoms with van der Waals surface area (Å²) in [4.78, 5) is 21.5. The summed E-state index contributed by atoms with van der Waals surface area (Å²) in [6.45, 7) is 0.581. The first-order valence-electron chi connectivity index (χ1n) is 5.87. The van der Waals surface area contributed by atoms with Crippen LogP contribution < -0.4 is 10.6 Å². The van der Waals surface area contributed by atoms with Gasteiger partial charge < -0.3 is 20.5 Å². The number of nitrogens with zero attached hydrogens (tertiary/aromatic N) is 2. The van der Waals surface area contributed by atoms with Crippen molar-refractivity contribution in [3.63, 3.8) is 0 Å². The molecule has 0 fully saturated rings. The second-order valence-corrected chi connectivity index (χ2v) is 3.83. The number of ether oxygens (including phenoxy) is 1. The van der Waals surface area contributed by atoms with Crippen LogP contribution in [0.2, 0.25) is 0 Å². The average molecular weight is 270 g/mol. The molecule has 0 aliphatic rings. The predicted octanol–water partition coefficient (Wildman–Crippen LogP) is -0.637. The molecule has 106 valence electrons. The number of nitrogens with one attached hydrogen (secondary N) is 2. The molecule has 0 aromatic carbocycles. The number of carbonyl (C=O) groups is 2. The summed E-state index contributed by atoms with van der Waals surface area (Å²) in [6.07, 6.45) is 2.40. The molecule has 0 unspecified atom stereocenters. The zero-order valence-corrected chi connectivity index (χ0v) is 10.8. The molecule has 0 aliphatic heterocycles. The molecule has 0 saturated heterocycles. The quantitative estimate of drug-likeness (QED) is 0.545. The molecule has 2 amide bonds. The molecule has 3 N–H and O–H groups in total. The summed E-state index contributed by atoms with van der Waals surface area (Å²) in [5.74, 6) is -1.03. The number of carbonyl (C=O) groups excluding carboxylic acids is 1. The lowest BCUT2D eigenvalue weighted by Crippen LogP contribution is -2.38. The van der Waals surface area contributed by atoms with Crippen LogP contribution in [0.25, 0.3) is 0 Å². The van der Waals surface area contributed by atoms with Crippen molar-refractivity contribution in [1.29, 1.82) is 0 Å². The van der Waals surface area contributed by atoms with Crippen molar-refractivity contribution < 1.29 is 19.4 Å². The van der Waals surface area contributed by atoms with Gasteiger partial charge in [-0.05, 0) is 6.07 Å². The highest BCUT2D eigenvalue weighted by Crippen LogP contribution is 1.95. The van der Waals surface area contributed by atoms with E-state index in [1.54, 1.807) is 10.9 Å². The van der Waals surface area contributed by atoms with Gasteiger partial charge in [-0.1, -0.05) is 0 Å². The summed E-state index contributed by atoms with van der Waals surface area (Å²) >= 11 is 0. The highest BCUT2D eigenvalue weighted by Gasteiger charge is 2.02. The van der Waals surface area contributed by atoms with Crippen LogP contribution >= 0.6 is 0 Å². The largest absolute Gasteiger partial charge is 0.480 e. The van der Waals surface area contributed by atoms with E-state index in [0.717, 1.165) is 5.69 Å². The molecule has 1 aromatic rings. The Bertz CT molecular complexity index is 419. The van der Waals surface area contributed by atoms with E-state index in [2.05, 4.69) is 15.7 Å². The number of hydrogen-bond donors (Lipinski definition) is 3. The zero-order chi connectivity index (χ0) is 14.1. The molecule has 1 rings (SSSR count). The number of urea groups is 1. The van der Waals surface area contributed by atoms with Crippen LogP contribution in [0, 0.1) is 0 Å². The van der Waals surface area contributed by atoms with E-state index in [4.69, 9.17) is 9.84 Å². The van der Waals surface area contributed by atoms with Gasteiger partial charge in [-0.25, -0.2) is 9.59 Å². The fourth-order valence-electron chi connectivity index (χ4n) is 1.41. The molecule has 0 atom stereocenters. The number of aromatic nitrogens is 2. The van der Waals surface area contributed by atoms with Crippen molar-refractivity contribution in [2.24, 2.45) is 7.05 Å². The Balaban J connectivity index is 2.02. The Morgan fingerprint density at radius 3 is 2.79 bits per heavy atom. The minimum absolute atomic E-state index is 0.168. The third-order valence-electron chi connectivity index (χ3n) is 2.35. The Labute approximate surface area is 110 Å². The van der Waals surface area contributed by atoms with E-state index in [0.29, 0.717) is 13.0 Å². The molecule has 0 saturated carbocycles. The van der Waals surface area contributed by atoms with E-state index < -0.39 is 5.97 Å². The van der Waals surface area contributed by atoms with Gasteiger partial charge >= 0.3 is 12.0 Å². The lowest BCUT2D eigenvalue weighted by Gasteiger charge is -2.07. The first kappa shape index (κ1) is 15.0. The van der Waals surface area contributed by atoms with Crippen molar-refractivity contribution >= 4 is 12.0 Å². The molecule has 8 heteroatoms. The second-order valence-electron chi connectivity index (χ2n) is 3.83. The third kappa shape index (κ3) is 6.41. The fourth-order valence-corrected chi connectivity index (χ4v) is 1.41. The predicted molar refractivity (Wildman–Crippen MR) is 66.8 cm³/mol. The van der Waals surface area contributed by atoms with Crippen molar-refractivity contribution in [3.8, 4) is 0 Å². The van der Waals surface area contributed by atoms with Gasteiger partial charge in [-0.2, -0.15) is 5.10 Å². The van der Waals surface area contributed by atoms with Gasteiger partial charge in [-0.15, -0.1) is 0 Å². The number of aryl methyl sites for hydroxylation is 1. The van der Waals surface area contributed by atoms with Crippen LogP contribution in [0.5, 0.6) is 0 Å². The first-order valence-corrected chi connectivity index (χ1v) is 5.87. The van der Waals surface area contributed by atoms with E-state index in [9.17, 15) is 9.59 Å². The molecule has 0 aliphatic carbocycles. The maximum Gasteiger partial charge on any atom is 0.329 e. The summed E-state index contributed by atoms with van der Waals surface area (Å²) < 4.78 is 6.52. The summed E-state index contributed by atoms with van der Waals surface area (Å²) in [6, 6.07) is 1.58. The van der Waals surface area contributed by atoms with Gasteiger partial charge in [0.2, 0.25) is 0 Å². The first-order chi connectivity index (χ1) is 9.09. The van der Waals surface area contributed by atoms with E-state index in [1.807, 2.05) is 13.1 Å². The number of aliphatic carboxylic acids is 1. The number of hydrogen-bond acceptors (Lipinski definition) is 4. The van der Waals surface area contributed by atoms with Crippen LogP contribution in [-0.2, 0) is 23.0 Å². The van der Waals surface area contributed by atoms with Gasteiger partial charge in [0.05, 0.1) is 6.61 Å². The molecular formula is C11H18N4O4. The van der Waals surface area contributed by atoms with Crippen LogP contribution in [-0.4, -0.2) is 53.2 Å². The Hall–Kier alpha value is -2.09. The van der Waals surface area contributed by atoms with Crippen molar-refractivity contribution in [3.05, 3.63) is 18.0 Å². The Morgan fingerprint density at radius 2 is 2.16 bits per heavy atom. The molecular weight excluding hydrogens is 252 g/mol. The highest BCUT2D eigenvalue weighted by molar-refractivity contribution is 5.73. The Kier molecular flexibility index (Phi) is 6.37. The second kappa shape index (κ2) is 8.09. The normalized spacial score (nSPS) is 10.2. The van der Waals surface area contributed by atoms with Crippen LogP contribution in [0.3, 0.4) is 0 Å². The van der Waals surface area contributed by atoms with E-state index in [1.165, 1.54) is 0 Å². The third-order valence-corrected chi connectivity index (χ3v) is 2.35. The van der Waals surface area contributed by atoms with Crippen LogP contribution in [0.1, 0.15) is 5.69 Å². The molecule has 0 bridgehead atoms. The van der Waals surface area contributed by atoms with E-state index >= 15 is 0 Å². The number of carboxylic acids is 1. The fraction of sp³-hybridized carbons (Fsp3) is 0.545. The zero-order valence-electron chi connectivity index (χ0n) is 10.8. The molecule has 1 heterocycles. The smallest absolute Gasteiger partial charge is 0.329 e. The molecule has 1 aromatic heterocycles. The van der Waals surface area contributed by atoms with Crippen molar-refractivity contribution in [1.82, 2.24) is 20.4 Å². The minimum Gasteiger partial charge on any atom is -0.480 e. The molecule has 0 spiro atoms. The van der Waals surface area contributed by atoms with E-state index in [-0.39, 0.29) is 25.8 Å². The minimum atomic E-state index is -1.03. The summed E-state index contributed by atoms with van der Waals surface area (Å²) in [5, 5.41) is 17.6. The number of amides is 2. The topological polar surface area (TPSA) is 105 Å². The van der Waals surface area contributed by atoms with Gasteiger partial charge in [-0.3, -0.25) is 4.68 Å².